The molecule has 0 radical (unpaired) electrons. The van der Waals surface area contributed by atoms with Gasteiger partial charge in [0.15, 0.2) is 5.78 Å². The van der Waals surface area contributed by atoms with Gasteiger partial charge in [-0.3, -0.25) is 9.59 Å². The van der Waals surface area contributed by atoms with Crippen LogP contribution in [0.1, 0.15) is 20.3 Å². The molecule has 0 unspecified atom stereocenters. The molecule has 9 heavy (non-hydrogen) atoms. The number of Topliss-reactive ketones (excluding diaryl/α,β-unsaturated/α-hetero) is 2. The second kappa shape index (κ2) is 1.94. The van der Waals surface area contributed by atoms with Crippen LogP contribution in [0.25, 0.3) is 0 Å². The van der Waals surface area contributed by atoms with Crippen molar-refractivity contribution < 1.29 is 9.59 Å². The van der Waals surface area contributed by atoms with Gasteiger partial charge in [-0.05, 0) is 5.92 Å². The maximum Gasteiger partial charge on any atom is 0.201 e. The first-order valence-corrected chi connectivity index (χ1v) is 3.20. The number of carbonyl (C=O) groups excluding carboxylic acids is 2. The maximum atomic E-state index is 10.8. The largest absolute Gasteiger partial charge is 0.291 e. The first-order chi connectivity index (χ1) is 4.13. The van der Waals surface area contributed by atoms with Crippen molar-refractivity contribution in [2.45, 2.75) is 20.3 Å². The smallest absolute Gasteiger partial charge is 0.201 e. The first kappa shape index (κ1) is 6.46. The fraction of sp³-hybridized carbons (Fsp3) is 0.714. The Bertz CT molecular complexity index is 160. The van der Waals surface area contributed by atoms with Crippen LogP contribution >= 0.6 is 0 Å². The number of hydrogen-bond donors (Lipinski definition) is 0. The lowest BCUT2D eigenvalue weighted by atomic mass is 10.0. The number of hydrogen-bond acceptors (Lipinski definition) is 2. The minimum absolute atomic E-state index is 0.0301. The molecule has 2 nitrogen and oxygen atoms in total. The van der Waals surface area contributed by atoms with Crippen LogP contribution < -0.4 is 0 Å². The summed E-state index contributed by atoms with van der Waals surface area (Å²) in [5.41, 5.74) is 0. The van der Waals surface area contributed by atoms with E-state index in [0.29, 0.717) is 6.42 Å². The Morgan fingerprint density at radius 1 is 1.33 bits per heavy atom. The van der Waals surface area contributed by atoms with Crippen molar-refractivity contribution in [2.24, 2.45) is 11.8 Å². The Labute approximate surface area is 54.2 Å². The second-order valence-corrected chi connectivity index (χ2v) is 2.76. The molecule has 0 amide bonds. The van der Waals surface area contributed by atoms with Crippen molar-refractivity contribution in [1.82, 2.24) is 0 Å². The Kier molecular flexibility index (Phi) is 1.39. The van der Waals surface area contributed by atoms with Crippen LogP contribution in [0, 0.1) is 11.8 Å². The van der Waals surface area contributed by atoms with E-state index in [1.165, 1.54) is 0 Å². The molecule has 2 atom stereocenters. The van der Waals surface area contributed by atoms with Crippen LogP contribution in [0.5, 0.6) is 0 Å². The Morgan fingerprint density at radius 3 is 2.00 bits per heavy atom. The van der Waals surface area contributed by atoms with E-state index in [2.05, 4.69) is 0 Å². The molecule has 0 saturated heterocycles. The van der Waals surface area contributed by atoms with Gasteiger partial charge in [-0.1, -0.05) is 13.8 Å². The Hall–Kier alpha value is -0.660. The van der Waals surface area contributed by atoms with Crippen LogP contribution in [0.15, 0.2) is 0 Å². The van der Waals surface area contributed by atoms with E-state index in [4.69, 9.17) is 0 Å². The highest BCUT2D eigenvalue weighted by atomic mass is 16.2. The van der Waals surface area contributed by atoms with Crippen molar-refractivity contribution in [1.29, 1.82) is 0 Å². The standard InChI is InChI=1S/C7H10O2/c1-4-3-6(8)7(9)5(4)2/h4-5H,3H2,1-2H3/t4-,5-/m1/s1. The van der Waals surface area contributed by atoms with Crippen molar-refractivity contribution >= 4 is 11.6 Å². The summed E-state index contributed by atoms with van der Waals surface area (Å²) in [7, 11) is 0. The lowest BCUT2D eigenvalue weighted by Gasteiger charge is -2.02. The van der Waals surface area contributed by atoms with Gasteiger partial charge < -0.3 is 0 Å². The van der Waals surface area contributed by atoms with Gasteiger partial charge in [0.25, 0.3) is 0 Å². The number of ketones is 2. The van der Waals surface area contributed by atoms with Crippen LogP contribution in [0.3, 0.4) is 0 Å². The average Bonchev–Trinajstić information content (AvgIpc) is 1.98. The van der Waals surface area contributed by atoms with Gasteiger partial charge >= 0.3 is 0 Å². The first-order valence-electron chi connectivity index (χ1n) is 3.20. The van der Waals surface area contributed by atoms with Crippen molar-refractivity contribution in [3.05, 3.63) is 0 Å². The summed E-state index contributed by atoms with van der Waals surface area (Å²) in [6.45, 7) is 3.76. The highest BCUT2D eigenvalue weighted by molar-refractivity contribution is 6.39. The summed E-state index contributed by atoms with van der Waals surface area (Å²) in [6.07, 6.45) is 0.458. The summed E-state index contributed by atoms with van der Waals surface area (Å²) in [5, 5.41) is 0. The van der Waals surface area contributed by atoms with Gasteiger partial charge in [-0.15, -0.1) is 0 Å². The minimum Gasteiger partial charge on any atom is -0.291 e. The highest BCUT2D eigenvalue weighted by Crippen LogP contribution is 2.24. The summed E-state index contributed by atoms with van der Waals surface area (Å²) < 4.78 is 0. The van der Waals surface area contributed by atoms with Gasteiger partial charge in [0.2, 0.25) is 5.78 Å². The normalized spacial score (nSPS) is 35.8. The van der Waals surface area contributed by atoms with Crippen molar-refractivity contribution in [3.63, 3.8) is 0 Å². The Morgan fingerprint density at radius 2 is 1.89 bits per heavy atom. The molecule has 1 aliphatic rings. The van der Waals surface area contributed by atoms with Crippen LogP contribution in [-0.4, -0.2) is 11.6 Å². The molecular formula is C7H10O2. The molecule has 0 spiro atoms. The highest BCUT2D eigenvalue weighted by Gasteiger charge is 2.34. The Balaban J connectivity index is 2.77. The molecule has 2 heteroatoms. The zero-order valence-corrected chi connectivity index (χ0v) is 5.68. The number of rotatable bonds is 0. The molecule has 0 bridgehead atoms. The van der Waals surface area contributed by atoms with E-state index < -0.39 is 0 Å². The van der Waals surface area contributed by atoms with E-state index >= 15 is 0 Å². The average molecular weight is 126 g/mol. The third-order valence-electron chi connectivity index (χ3n) is 2.05. The molecule has 0 aromatic heterocycles. The lowest BCUT2D eigenvalue weighted by Crippen LogP contribution is -2.11. The molecule has 0 aromatic rings. The summed E-state index contributed by atoms with van der Waals surface area (Å²) in [6, 6.07) is 0. The second-order valence-electron chi connectivity index (χ2n) is 2.76. The quantitative estimate of drug-likeness (QED) is 0.450. The molecule has 0 aliphatic heterocycles. The van der Waals surface area contributed by atoms with Crippen molar-refractivity contribution in [3.8, 4) is 0 Å². The van der Waals surface area contributed by atoms with E-state index in [9.17, 15) is 9.59 Å². The van der Waals surface area contributed by atoms with E-state index in [1.807, 2.05) is 13.8 Å². The van der Waals surface area contributed by atoms with Crippen LogP contribution in [-0.2, 0) is 9.59 Å². The van der Waals surface area contributed by atoms with Crippen LogP contribution in [0.2, 0.25) is 0 Å². The fourth-order valence-electron chi connectivity index (χ4n) is 1.08. The lowest BCUT2D eigenvalue weighted by molar-refractivity contribution is -0.135. The SMILES string of the molecule is C[C@@H]1CC(=O)C(=O)[C@@H]1C. The van der Waals surface area contributed by atoms with Gasteiger partial charge in [0.1, 0.15) is 0 Å². The predicted molar refractivity (Wildman–Crippen MR) is 33.0 cm³/mol. The molecule has 1 rings (SSSR count). The van der Waals surface area contributed by atoms with Crippen LogP contribution in [0.4, 0.5) is 0 Å². The topological polar surface area (TPSA) is 34.1 Å². The molecule has 0 N–H and O–H groups in total. The number of carbonyl (C=O) groups is 2. The zero-order chi connectivity index (χ0) is 7.02. The molecule has 1 fully saturated rings. The fourth-order valence-corrected chi connectivity index (χ4v) is 1.08. The molecule has 50 valence electrons. The molecule has 0 heterocycles. The predicted octanol–water partition coefficient (Wildman–Crippen LogP) is 0.800. The summed E-state index contributed by atoms with van der Waals surface area (Å²) in [4.78, 5) is 21.4. The molecule has 1 aliphatic carbocycles. The third kappa shape index (κ3) is 0.889. The minimum atomic E-state index is -0.185. The monoisotopic (exact) mass is 126 g/mol. The maximum absolute atomic E-state index is 10.8. The van der Waals surface area contributed by atoms with E-state index in [0.717, 1.165) is 0 Å². The van der Waals surface area contributed by atoms with Gasteiger partial charge in [0.05, 0.1) is 0 Å². The summed E-state index contributed by atoms with van der Waals surface area (Å²) >= 11 is 0. The van der Waals surface area contributed by atoms with Gasteiger partial charge in [-0.25, -0.2) is 0 Å². The molecular weight excluding hydrogens is 116 g/mol. The zero-order valence-electron chi connectivity index (χ0n) is 5.68. The third-order valence-corrected chi connectivity index (χ3v) is 2.05. The van der Waals surface area contributed by atoms with E-state index in [-0.39, 0.29) is 23.4 Å². The van der Waals surface area contributed by atoms with Gasteiger partial charge in [0, 0.05) is 12.3 Å². The summed E-state index contributed by atoms with van der Waals surface area (Å²) in [5.74, 6) is -0.125. The molecule has 1 saturated carbocycles. The molecule has 0 aromatic carbocycles. The van der Waals surface area contributed by atoms with E-state index in [1.54, 1.807) is 0 Å². The van der Waals surface area contributed by atoms with Gasteiger partial charge in [-0.2, -0.15) is 0 Å². The van der Waals surface area contributed by atoms with Crippen molar-refractivity contribution in [2.75, 3.05) is 0 Å².